The number of carbonyl (C=O) groups excluding carboxylic acids is 1. The third-order valence-electron chi connectivity index (χ3n) is 3.17. The summed E-state index contributed by atoms with van der Waals surface area (Å²) in [6, 6.07) is 14.8. The van der Waals surface area contributed by atoms with Crippen LogP contribution in [0.1, 0.15) is 25.3 Å². The van der Waals surface area contributed by atoms with Crippen LogP contribution in [0, 0.1) is 0 Å². The molecule has 0 aliphatic rings. The van der Waals surface area contributed by atoms with Crippen LogP contribution >= 0.6 is 11.8 Å². The number of carbonyl (C=O) groups is 1. The second-order valence-corrected chi connectivity index (χ2v) is 5.86. The lowest BCUT2D eigenvalue weighted by Gasteiger charge is -2.05. The Labute approximate surface area is 125 Å². The molecule has 0 radical (unpaired) electrons. The number of nitrogens with one attached hydrogen (secondary N) is 1. The van der Waals surface area contributed by atoms with Gasteiger partial charge >= 0.3 is 0 Å². The average Bonchev–Trinajstić information content (AvgIpc) is 2.47. The first kappa shape index (κ1) is 14.9. The zero-order valence-electron chi connectivity index (χ0n) is 11.9. The third-order valence-corrected chi connectivity index (χ3v) is 4.17. The fourth-order valence-corrected chi connectivity index (χ4v) is 2.85. The number of amides is 1. The Hall–Kier alpha value is -1.48. The van der Waals surface area contributed by atoms with Gasteiger partial charge in [0.1, 0.15) is 0 Å². The van der Waals surface area contributed by atoms with E-state index in [-0.39, 0.29) is 5.91 Å². The first-order valence-electron chi connectivity index (χ1n) is 7.11. The van der Waals surface area contributed by atoms with Gasteiger partial charge in [0.05, 0.1) is 5.75 Å². The summed E-state index contributed by atoms with van der Waals surface area (Å²) in [7, 11) is 0. The van der Waals surface area contributed by atoms with Gasteiger partial charge in [0.2, 0.25) is 5.91 Å². The molecule has 0 fully saturated rings. The third kappa shape index (κ3) is 4.57. The van der Waals surface area contributed by atoms with Crippen molar-refractivity contribution in [2.45, 2.75) is 25.5 Å². The van der Waals surface area contributed by atoms with Crippen molar-refractivity contribution in [1.29, 1.82) is 0 Å². The van der Waals surface area contributed by atoms with Gasteiger partial charge in [-0.1, -0.05) is 55.8 Å². The molecule has 0 saturated heterocycles. The van der Waals surface area contributed by atoms with Gasteiger partial charge in [-0.25, -0.2) is 0 Å². The van der Waals surface area contributed by atoms with Gasteiger partial charge in [0, 0.05) is 12.3 Å². The number of fused-ring (bicyclic) bond motifs is 1. The average molecular weight is 287 g/mol. The molecular formula is C17H21NOS. The molecule has 0 aromatic heterocycles. The molecule has 0 heterocycles. The normalized spacial score (nSPS) is 10.7. The summed E-state index contributed by atoms with van der Waals surface area (Å²) in [4.78, 5) is 11.6. The molecule has 0 aliphatic heterocycles. The van der Waals surface area contributed by atoms with Crippen molar-refractivity contribution in [2.24, 2.45) is 0 Å². The van der Waals surface area contributed by atoms with E-state index in [9.17, 15) is 4.79 Å². The highest BCUT2D eigenvalue weighted by Crippen LogP contribution is 2.19. The van der Waals surface area contributed by atoms with Crippen LogP contribution in [0.4, 0.5) is 0 Å². The van der Waals surface area contributed by atoms with Gasteiger partial charge in [0.15, 0.2) is 0 Å². The molecule has 3 heteroatoms. The van der Waals surface area contributed by atoms with E-state index >= 15 is 0 Å². The predicted octanol–water partition coefficient (Wildman–Crippen LogP) is 3.99. The molecule has 0 spiro atoms. The summed E-state index contributed by atoms with van der Waals surface area (Å²) in [6.45, 7) is 2.92. The van der Waals surface area contributed by atoms with Gasteiger partial charge in [-0.15, -0.1) is 11.8 Å². The van der Waals surface area contributed by atoms with Gasteiger partial charge in [-0.05, 0) is 22.8 Å². The minimum Gasteiger partial charge on any atom is -0.355 e. The monoisotopic (exact) mass is 287 g/mol. The lowest BCUT2D eigenvalue weighted by molar-refractivity contribution is -0.118. The van der Waals surface area contributed by atoms with E-state index in [0.717, 1.165) is 25.1 Å². The van der Waals surface area contributed by atoms with Crippen molar-refractivity contribution in [1.82, 2.24) is 5.32 Å². The molecule has 1 amide bonds. The number of hydrogen-bond acceptors (Lipinski definition) is 2. The minimum absolute atomic E-state index is 0.143. The Morgan fingerprint density at radius 2 is 1.95 bits per heavy atom. The molecule has 2 aromatic rings. The lowest BCUT2D eigenvalue weighted by atomic mass is 10.1. The summed E-state index contributed by atoms with van der Waals surface area (Å²) in [5.41, 5.74) is 1.27. The standard InChI is InChI=1S/C17H21NOS/c1-2-3-10-18-17(19)13-20-12-14-8-9-15-6-4-5-7-16(15)11-14/h4-9,11H,2-3,10,12-13H2,1H3,(H,18,19). The zero-order chi connectivity index (χ0) is 14.2. The Bertz CT molecular complexity index is 568. The van der Waals surface area contributed by atoms with Crippen molar-refractivity contribution in [3.8, 4) is 0 Å². The van der Waals surface area contributed by atoms with Gasteiger partial charge in [-0.2, -0.15) is 0 Å². The van der Waals surface area contributed by atoms with Gasteiger partial charge < -0.3 is 5.32 Å². The summed E-state index contributed by atoms with van der Waals surface area (Å²) in [5.74, 6) is 1.56. The maximum Gasteiger partial charge on any atom is 0.230 e. The molecule has 0 atom stereocenters. The van der Waals surface area contributed by atoms with E-state index in [1.165, 1.54) is 16.3 Å². The van der Waals surface area contributed by atoms with Crippen LogP contribution in [-0.2, 0) is 10.5 Å². The molecule has 2 nitrogen and oxygen atoms in total. The van der Waals surface area contributed by atoms with Gasteiger partial charge in [0.25, 0.3) is 0 Å². The minimum atomic E-state index is 0.143. The maximum absolute atomic E-state index is 11.6. The van der Waals surface area contributed by atoms with Crippen LogP contribution in [0.5, 0.6) is 0 Å². The Morgan fingerprint density at radius 3 is 2.75 bits per heavy atom. The SMILES string of the molecule is CCCCNC(=O)CSCc1ccc2ccccc2c1. The zero-order valence-corrected chi connectivity index (χ0v) is 12.7. The fourth-order valence-electron chi connectivity index (χ4n) is 2.05. The molecule has 0 aliphatic carbocycles. The molecule has 2 rings (SSSR count). The summed E-state index contributed by atoms with van der Waals surface area (Å²) >= 11 is 1.67. The highest BCUT2D eigenvalue weighted by molar-refractivity contribution is 7.99. The second-order valence-electron chi connectivity index (χ2n) is 4.88. The van der Waals surface area contributed by atoms with E-state index in [1.807, 2.05) is 0 Å². The van der Waals surface area contributed by atoms with Crippen molar-refractivity contribution < 1.29 is 4.79 Å². The van der Waals surface area contributed by atoms with Crippen molar-refractivity contribution >= 4 is 28.4 Å². The number of rotatable bonds is 7. The number of benzene rings is 2. The van der Waals surface area contributed by atoms with E-state index < -0.39 is 0 Å². The molecule has 0 bridgehead atoms. The van der Waals surface area contributed by atoms with Crippen molar-refractivity contribution in [2.75, 3.05) is 12.3 Å². The number of hydrogen-bond donors (Lipinski definition) is 1. The van der Waals surface area contributed by atoms with Crippen LogP contribution in [-0.4, -0.2) is 18.2 Å². The Morgan fingerprint density at radius 1 is 1.15 bits per heavy atom. The van der Waals surface area contributed by atoms with Crippen LogP contribution in [0.3, 0.4) is 0 Å². The smallest absolute Gasteiger partial charge is 0.230 e. The first-order chi connectivity index (χ1) is 9.79. The molecule has 2 aromatic carbocycles. The highest BCUT2D eigenvalue weighted by Gasteiger charge is 2.02. The summed E-state index contributed by atoms with van der Waals surface area (Å²) < 4.78 is 0. The predicted molar refractivity (Wildman–Crippen MR) is 88.0 cm³/mol. The number of thioether (sulfide) groups is 1. The quantitative estimate of drug-likeness (QED) is 0.780. The summed E-state index contributed by atoms with van der Waals surface area (Å²) in [5, 5.41) is 5.46. The second kappa shape index (κ2) is 7.95. The van der Waals surface area contributed by atoms with Crippen LogP contribution < -0.4 is 5.32 Å². The van der Waals surface area contributed by atoms with E-state index in [0.29, 0.717) is 5.75 Å². The lowest BCUT2D eigenvalue weighted by Crippen LogP contribution is -2.26. The number of unbranched alkanes of at least 4 members (excludes halogenated alkanes) is 1. The molecule has 0 saturated carbocycles. The topological polar surface area (TPSA) is 29.1 Å². The molecule has 106 valence electrons. The van der Waals surface area contributed by atoms with Crippen LogP contribution in [0.25, 0.3) is 10.8 Å². The fraction of sp³-hybridized carbons (Fsp3) is 0.353. The molecule has 1 N–H and O–H groups in total. The first-order valence-corrected chi connectivity index (χ1v) is 8.27. The largest absolute Gasteiger partial charge is 0.355 e. The maximum atomic E-state index is 11.6. The Balaban J connectivity index is 1.79. The molecular weight excluding hydrogens is 266 g/mol. The van der Waals surface area contributed by atoms with Crippen LogP contribution in [0.15, 0.2) is 42.5 Å². The highest BCUT2D eigenvalue weighted by atomic mass is 32.2. The van der Waals surface area contributed by atoms with Crippen LogP contribution in [0.2, 0.25) is 0 Å². The molecule has 0 unspecified atom stereocenters. The van der Waals surface area contributed by atoms with E-state index in [2.05, 4.69) is 54.7 Å². The van der Waals surface area contributed by atoms with Gasteiger partial charge in [-0.3, -0.25) is 4.79 Å². The van der Waals surface area contributed by atoms with E-state index in [1.54, 1.807) is 11.8 Å². The van der Waals surface area contributed by atoms with Crippen molar-refractivity contribution in [3.05, 3.63) is 48.0 Å². The summed E-state index contributed by atoms with van der Waals surface area (Å²) in [6.07, 6.45) is 2.17. The van der Waals surface area contributed by atoms with Crippen molar-refractivity contribution in [3.63, 3.8) is 0 Å². The van der Waals surface area contributed by atoms with E-state index in [4.69, 9.17) is 0 Å². The molecule has 20 heavy (non-hydrogen) atoms. The Kier molecular flexibility index (Phi) is 5.93.